The smallest absolute Gasteiger partial charge is 0.00950 e. The fourth-order valence-electron chi connectivity index (χ4n) is 2.20. The molecule has 0 radical (unpaired) electrons. The van der Waals surface area contributed by atoms with Gasteiger partial charge in [0.15, 0.2) is 0 Å². The number of rotatable bonds is 3. The summed E-state index contributed by atoms with van der Waals surface area (Å²) in [4.78, 5) is 0. The third-order valence-electron chi connectivity index (χ3n) is 4.05. The van der Waals surface area contributed by atoms with Gasteiger partial charge in [0.05, 0.1) is 0 Å². The lowest BCUT2D eigenvalue weighted by molar-refractivity contribution is 0.521. The Hall–Kier alpha value is -1.56. The molecule has 0 saturated carbocycles. The average Bonchev–Trinajstić information content (AvgIpc) is 2.40. The summed E-state index contributed by atoms with van der Waals surface area (Å²) in [5, 5.41) is 0. The monoisotopic (exact) mass is 238 g/mol. The van der Waals surface area contributed by atoms with Crippen LogP contribution in [0.3, 0.4) is 0 Å². The van der Waals surface area contributed by atoms with Crippen molar-refractivity contribution in [3.05, 3.63) is 65.8 Å². The summed E-state index contributed by atoms with van der Waals surface area (Å²) >= 11 is 0. The molecule has 0 N–H and O–H groups in total. The highest BCUT2D eigenvalue weighted by Gasteiger charge is 2.23. The van der Waals surface area contributed by atoms with Gasteiger partial charge in [-0.05, 0) is 36.5 Å². The fraction of sp³-hybridized carbons (Fsp3) is 0.333. The van der Waals surface area contributed by atoms with Gasteiger partial charge in [0.25, 0.3) is 0 Å². The van der Waals surface area contributed by atoms with Crippen molar-refractivity contribution in [2.24, 2.45) is 5.41 Å². The molecule has 2 rings (SSSR count). The molecule has 0 aromatic heterocycles. The van der Waals surface area contributed by atoms with Gasteiger partial charge in [0, 0.05) is 5.41 Å². The van der Waals surface area contributed by atoms with E-state index in [9.17, 15) is 0 Å². The first-order valence-electron chi connectivity index (χ1n) is 6.70. The van der Waals surface area contributed by atoms with E-state index < -0.39 is 0 Å². The molecule has 0 heterocycles. The van der Waals surface area contributed by atoms with Crippen LogP contribution in [0.4, 0.5) is 0 Å². The number of hydrogen-bond acceptors (Lipinski definition) is 0. The van der Waals surface area contributed by atoms with Gasteiger partial charge in [0.2, 0.25) is 0 Å². The molecule has 18 heavy (non-hydrogen) atoms. The van der Waals surface area contributed by atoms with Gasteiger partial charge < -0.3 is 0 Å². The van der Waals surface area contributed by atoms with E-state index in [1.165, 1.54) is 22.3 Å². The SMILES string of the molecule is C=C(C)C1(C)C=CC(c2ccc(CC)cc2)=CC1. The molecule has 1 aliphatic carbocycles. The molecule has 1 unspecified atom stereocenters. The van der Waals surface area contributed by atoms with Gasteiger partial charge in [-0.1, -0.05) is 68.5 Å². The zero-order valence-electron chi connectivity index (χ0n) is 11.7. The minimum Gasteiger partial charge on any atom is -0.0993 e. The average molecular weight is 238 g/mol. The molecule has 0 saturated heterocycles. The lowest BCUT2D eigenvalue weighted by Gasteiger charge is -2.28. The van der Waals surface area contributed by atoms with Gasteiger partial charge in [0.1, 0.15) is 0 Å². The second-order valence-electron chi connectivity index (χ2n) is 5.45. The summed E-state index contributed by atoms with van der Waals surface area (Å²) in [6, 6.07) is 8.88. The normalized spacial score (nSPS) is 22.7. The van der Waals surface area contributed by atoms with Crippen molar-refractivity contribution in [3.8, 4) is 0 Å². The molecular weight excluding hydrogens is 216 g/mol. The van der Waals surface area contributed by atoms with Crippen LogP contribution in [0.25, 0.3) is 5.57 Å². The lowest BCUT2D eigenvalue weighted by Crippen LogP contribution is -2.15. The Kier molecular flexibility index (Phi) is 3.56. The van der Waals surface area contributed by atoms with E-state index in [4.69, 9.17) is 0 Å². The van der Waals surface area contributed by atoms with Crippen molar-refractivity contribution in [2.75, 3.05) is 0 Å². The molecule has 0 bridgehead atoms. The Morgan fingerprint density at radius 1 is 1.28 bits per heavy atom. The predicted octanol–water partition coefficient (Wildman–Crippen LogP) is 5.17. The second-order valence-corrected chi connectivity index (χ2v) is 5.45. The van der Waals surface area contributed by atoms with E-state index in [-0.39, 0.29) is 5.41 Å². The third-order valence-corrected chi connectivity index (χ3v) is 4.05. The maximum Gasteiger partial charge on any atom is 0.00950 e. The lowest BCUT2D eigenvalue weighted by atomic mass is 9.76. The van der Waals surface area contributed by atoms with Crippen LogP contribution in [-0.2, 0) is 6.42 Å². The number of benzene rings is 1. The number of allylic oxidation sites excluding steroid dienone is 5. The van der Waals surface area contributed by atoms with Crippen LogP contribution in [0.15, 0.2) is 54.6 Å². The molecule has 1 aromatic rings. The standard InChI is InChI=1S/C18H22/c1-5-15-6-8-16(9-7-15)17-10-12-18(4,13-11-17)14(2)3/h6-12H,2,5,13H2,1,3-4H3. The van der Waals surface area contributed by atoms with Crippen molar-refractivity contribution in [1.82, 2.24) is 0 Å². The highest BCUT2D eigenvalue weighted by atomic mass is 14.3. The zero-order chi connectivity index (χ0) is 13.2. The van der Waals surface area contributed by atoms with Gasteiger partial charge >= 0.3 is 0 Å². The van der Waals surface area contributed by atoms with Crippen LogP contribution in [0.1, 0.15) is 38.3 Å². The molecule has 0 fully saturated rings. The largest absolute Gasteiger partial charge is 0.0993 e. The van der Waals surface area contributed by atoms with Crippen molar-refractivity contribution < 1.29 is 0 Å². The van der Waals surface area contributed by atoms with Crippen LogP contribution in [0, 0.1) is 5.41 Å². The minimum absolute atomic E-state index is 0.132. The minimum atomic E-state index is 0.132. The summed E-state index contributed by atoms with van der Waals surface area (Å²) in [6.45, 7) is 10.6. The highest BCUT2D eigenvalue weighted by Crippen LogP contribution is 2.37. The van der Waals surface area contributed by atoms with E-state index in [1.807, 2.05) is 0 Å². The summed E-state index contributed by atoms with van der Waals surface area (Å²) < 4.78 is 0. The summed E-state index contributed by atoms with van der Waals surface area (Å²) in [7, 11) is 0. The second kappa shape index (κ2) is 4.97. The molecule has 0 spiro atoms. The van der Waals surface area contributed by atoms with E-state index >= 15 is 0 Å². The molecule has 94 valence electrons. The molecular formula is C18H22. The molecule has 0 aliphatic heterocycles. The van der Waals surface area contributed by atoms with Crippen molar-refractivity contribution in [2.45, 2.75) is 33.6 Å². The molecule has 1 aliphatic rings. The first-order chi connectivity index (χ1) is 8.55. The summed E-state index contributed by atoms with van der Waals surface area (Å²) in [5.74, 6) is 0. The van der Waals surface area contributed by atoms with Gasteiger partial charge in [-0.25, -0.2) is 0 Å². The topological polar surface area (TPSA) is 0 Å². The molecule has 0 nitrogen and oxygen atoms in total. The van der Waals surface area contributed by atoms with Crippen LogP contribution < -0.4 is 0 Å². The Labute approximate surface area is 111 Å². The zero-order valence-corrected chi connectivity index (χ0v) is 11.7. The summed E-state index contributed by atoms with van der Waals surface area (Å²) in [5.41, 5.74) is 5.40. The molecule has 1 atom stereocenters. The van der Waals surface area contributed by atoms with Crippen LogP contribution in [0.2, 0.25) is 0 Å². The number of hydrogen-bond donors (Lipinski definition) is 0. The van der Waals surface area contributed by atoms with Crippen molar-refractivity contribution in [3.63, 3.8) is 0 Å². The molecule has 1 aromatic carbocycles. The first-order valence-corrected chi connectivity index (χ1v) is 6.70. The number of aryl methyl sites for hydroxylation is 1. The predicted molar refractivity (Wildman–Crippen MR) is 80.5 cm³/mol. The van der Waals surface area contributed by atoms with Crippen molar-refractivity contribution >= 4 is 5.57 Å². The Balaban J connectivity index is 2.20. The van der Waals surface area contributed by atoms with Gasteiger partial charge in [-0.3, -0.25) is 0 Å². The summed E-state index contributed by atoms with van der Waals surface area (Å²) in [6.07, 6.45) is 9.00. The van der Waals surface area contributed by atoms with Gasteiger partial charge in [-0.2, -0.15) is 0 Å². The van der Waals surface area contributed by atoms with Crippen LogP contribution in [0.5, 0.6) is 0 Å². The molecule has 0 amide bonds. The Morgan fingerprint density at radius 3 is 2.39 bits per heavy atom. The van der Waals surface area contributed by atoms with Crippen molar-refractivity contribution in [1.29, 1.82) is 0 Å². The van der Waals surface area contributed by atoms with E-state index in [2.05, 4.69) is 69.8 Å². The maximum atomic E-state index is 4.09. The van der Waals surface area contributed by atoms with Gasteiger partial charge in [-0.15, -0.1) is 0 Å². The molecule has 0 heteroatoms. The fourth-order valence-corrected chi connectivity index (χ4v) is 2.20. The maximum absolute atomic E-state index is 4.09. The van der Waals surface area contributed by atoms with E-state index in [1.54, 1.807) is 0 Å². The Bertz CT molecular complexity index is 499. The van der Waals surface area contributed by atoms with Crippen LogP contribution in [-0.4, -0.2) is 0 Å². The third kappa shape index (κ3) is 2.48. The Morgan fingerprint density at radius 2 is 1.94 bits per heavy atom. The van der Waals surface area contributed by atoms with E-state index in [0.717, 1.165) is 12.8 Å². The van der Waals surface area contributed by atoms with E-state index in [0.29, 0.717) is 0 Å². The highest BCUT2D eigenvalue weighted by molar-refractivity contribution is 5.75. The van der Waals surface area contributed by atoms with Crippen LogP contribution >= 0.6 is 0 Å². The quantitative estimate of drug-likeness (QED) is 0.637. The first kappa shape index (κ1) is 12.9.